The van der Waals surface area contributed by atoms with E-state index >= 15 is 0 Å². The van der Waals surface area contributed by atoms with Crippen molar-refractivity contribution in [2.45, 2.75) is 13.3 Å². The van der Waals surface area contributed by atoms with Crippen LogP contribution in [0.4, 0.5) is 0 Å². The highest BCUT2D eigenvalue weighted by Gasteiger charge is 2.01. The summed E-state index contributed by atoms with van der Waals surface area (Å²) < 4.78 is 0. The van der Waals surface area contributed by atoms with Gasteiger partial charge in [0.15, 0.2) is 0 Å². The van der Waals surface area contributed by atoms with E-state index in [4.69, 9.17) is 6.58 Å². The zero-order valence-electron chi connectivity index (χ0n) is 7.96. The molecule has 0 aliphatic heterocycles. The van der Waals surface area contributed by atoms with E-state index in [1.54, 1.807) is 0 Å². The standard InChI is InChI=1S/C13H14/c1-4-7-11(2)10-13-9-6-5-8-12(13)3/h1,5-9,11H,3,10H2,2H3. The minimum absolute atomic E-state index is 0.424. The molecule has 0 fully saturated rings. The largest absolute Gasteiger partial charge is 0.124 e. The minimum atomic E-state index is 0.424. The van der Waals surface area contributed by atoms with Gasteiger partial charge in [-0.25, -0.2) is 0 Å². The van der Waals surface area contributed by atoms with Gasteiger partial charge in [-0.05, 0) is 43.0 Å². The zero-order chi connectivity index (χ0) is 9.68. The van der Waals surface area contributed by atoms with E-state index in [0.29, 0.717) is 5.92 Å². The molecule has 0 bridgehead atoms. The fourth-order valence-electron chi connectivity index (χ4n) is 1.33. The highest BCUT2D eigenvalue weighted by atomic mass is 14.1. The number of hydrogen-bond acceptors (Lipinski definition) is 0. The monoisotopic (exact) mass is 170 g/mol. The fraction of sp³-hybridized carbons (Fsp3) is 0.231. The van der Waals surface area contributed by atoms with Crippen molar-refractivity contribution in [2.24, 2.45) is 5.92 Å². The van der Waals surface area contributed by atoms with E-state index in [9.17, 15) is 0 Å². The first kappa shape index (κ1) is 9.83. The number of rotatable bonds is 3. The van der Waals surface area contributed by atoms with Gasteiger partial charge in [0.2, 0.25) is 0 Å². The van der Waals surface area contributed by atoms with E-state index in [1.807, 2.05) is 24.3 Å². The molecule has 1 aromatic rings. The molecule has 0 amide bonds. The summed E-state index contributed by atoms with van der Waals surface area (Å²) in [4.78, 5) is 0. The van der Waals surface area contributed by atoms with E-state index in [2.05, 4.69) is 25.6 Å². The molecule has 0 aliphatic carbocycles. The topological polar surface area (TPSA) is 0 Å². The van der Waals surface area contributed by atoms with Crippen LogP contribution in [-0.4, -0.2) is 0 Å². The molecular weight excluding hydrogens is 156 g/mol. The summed E-state index contributed by atoms with van der Waals surface area (Å²) in [6.45, 7) is 11.3. The molecule has 66 valence electrons. The Morgan fingerprint density at radius 2 is 2.23 bits per heavy atom. The lowest BCUT2D eigenvalue weighted by Crippen LogP contribution is -1.97. The van der Waals surface area contributed by atoms with Crippen LogP contribution in [0.15, 0.2) is 36.1 Å². The molecule has 2 radical (unpaired) electrons. The molecule has 0 nitrogen and oxygen atoms in total. The Labute approximate surface area is 80.6 Å². The van der Waals surface area contributed by atoms with Crippen LogP contribution in [0.3, 0.4) is 0 Å². The third kappa shape index (κ3) is 2.93. The molecule has 0 N–H and O–H groups in total. The van der Waals surface area contributed by atoms with Crippen LogP contribution in [-0.2, 0) is 6.42 Å². The Balaban J connectivity index is 2.74. The SMILES string of the molecule is [CH]=C=CC(C)Cc1ccccc1[CH2]. The summed E-state index contributed by atoms with van der Waals surface area (Å²) in [6, 6.07) is 8.16. The van der Waals surface area contributed by atoms with Gasteiger partial charge in [-0.3, -0.25) is 0 Å². The van der Waals surface area contributed by atoms with Gasteiger partial charge in [0.1, 0.15) is 0 Å². The van der Waals surface area contributed by atoms with Crippen LogP contribution in [0.1, 0.15) is 18.1 Å². The Morgan fingerprint density at radius 3 is 2.85 bits per heavy atom. The zero-order valence-corrected chi connectivity index (χ0v) is 7.96. The lowest BCUT2D eigenvalue weighted by atomic mass is 9.98. The second-order valence-corrected chi connectivity index (χ2v) is 3.28. The quantitative estimate of drug-likeness (QED) is 0.611. The van der Waals surface area contributed by atoms with Crippen molar-refractivity contribution in [3.05, 3.63) is 60.7 Å². The van der Waals surface area contributed by atoms with Gasteiger partial charge in [-0.2, -0.15) is 0 Å². The molecule has 0 aromatic heterocycles. The highest BCUT2D eigenvalue weighted by Crippen LogP contribution is 2.13. The smallest absolute Gasteiger partial charge is 0.0126 e. The molecule has 0 saturated carbocycles. The molecule has 1 atom stereocenters. The summed E-state index contributed by atoms with van der Waals surface area (Å²) >= 11 is 0. The number of benzene rings is 1. The summed E-state index contributed by atoms with van der Waals surface area (Å²) in [5.41, 5.74) is 4.94. The van der Waals surface area contributed by atoms with Crippen molar-refractivity contribution in [2.75, 3.05) is 0 Å². The Morgan fingerprint density at radius 1 is 1.54 bits per heavy atom. The maximum Gasteiger partial charge on any atom is -0.0126 e. The van der Waals surface area contributed by atoms with Crippen molar-refractivity contribution < 1.29 is 0 Å². The van der Waals surface area contributed by atoms with Crippen LogP contribution < -0.4 is 0 Å². The third-order valence-electron chi connectivity index (χ3n) is 2.04. The molecule has 0 heteroatoms. The molecule has 1 unspecified atom stereocenters. The second-order valence-electron chi connectivity index (χ2n) is 3.28. The molecule has 0 heterocycles. The number of hydrogen-bond donors (Lipinski definition) is 0. The van der Waals surface area contributed by atoms with Gasteiger partial charge in [0, 0.05) is 0 Å². The fourth-order valence-corrected chi connectivity index (χ4v) is 1.33. The average molecular weight is 170 g/mol. The maximum absolute atomic E-state index is 5.20. The van der Waals surface area contributed by atoms with Crippen molar-refractivity contribution in [3.8, 4) is 0 Å². The van der Waals surface area contributed by atoms with Crippen LogP contribution in [0.2, 0.25) is 0 Å². The van der Waals surface area contributed by atoms with Crippen molar-refractivity contribution in [3.63, 3.8) is 0 Å². The van der Waals surface area contributed by atoms with Crippen molar-refractivity contribution >= 4 is 0 Å². The Bertz CT molecular complexity index is 317. The van der Waals surface area contributed by atoms with Crippen LogP contribution in [0.25, 0.3) is 0 Å². The van der Waals surface area contributed by atoms with E-state index in [-0.39, 0.29) is 0 Å². The second kappa shape index (κ2) is 4.69. The van der Waals surface area contributed by atoms with E-state index in [1.165, 1.54) is 5.56 Å². The summed E-state index contributed by atoms with van der Waals surface area (Å²) in [7, 11) is 0. The minimum Gasteiger partial charge on any atom is -0.124 e. The Hall–Kier alpha value is -1.26. The summed E-state index contributed by atoms with van der Waals surface area (Å²) in [5.74, 6) is 0.424. The van der Waals surface area contributed by atoms with Gasteiger partial charge < -0.3 is 0 Å². The number of allylic oxidation sites excluding steroid dienone is 1. The van der Waals surface area contributed by atoms with Crippen LogP contribution >= 0.6 is 0 Å². The van der Waals surface area contributed by atoms with Gasteiger partial charge >= 0.3 is 0 Å². The lowest BCUT2D eigenvalue weighted by molar-refractivity contribution is 0.723. The molecule has 1 rings (SSSR count). The van der Waals surface area contributed by atoms with E-state index in [0.717, 1.165) is 12.0 Å². The van der Waals surface area contributed by atoms with Crippen molar-refractivity contribution in [1.29, 1.82) is 0 Å². The normalized spacial score (nSPS) is 11.8. The first-order valence-corrected chi connectivity index (χ1v) is 4.43. The van der Waals surface area contributed by atoms with Gasteiger partial charge in [-0.15, -0.1) is 5.73 Å². The van der Waals surface area contributed by atoms with Crippen LogP contribution in [0.5, 0.6) is 0 Å². The molecule has 0 saturated heterocycles. The predicted molar refractivity (Wildman–Crippen MR) is 56.2 cm³/mol. The molecule has 13 heavy (non-hydrogen) atoms. The summed E-state index contributed by atoms with van der Waals surface area (Å²) in [5, 5.41) is 0. The summed E-state index contributed by atoms with van der Waals surface area (Å²) in [6.07, 6.45) is 2.86. The van der Waals surface area contributed by atoms with Crippen LogP contribution in [0, 0.1) is 19.4 Å². The van der Waals surface area contributed by atoms with Gasteiger partial charge in [-0.1, -0.05) is 31.2 Å². The van der Waals surface area contributed by atoms with Gasteiger partial charge in [0.05, 0.1) is 0 Å². The molecule has 0 aliphatic rings. The highest BCUT2D eigenvalue weighted by molar-refractivity contribution is 5.29. The molecule has 1 aromatic carbocycles. The maximum atomic E-state index is 5.20. The predicted octanol–water partition coefficient (Wildman–Crippen LogP) is 3.19. The molecule has 0 spiro atoms. The lowest BCUT2D eigenvalue weighted by Gasteiger charge is -2.07. The van der Waals surface area contributed by atoms with Gasteiger partial charge in [0.25, 0.3) is 0 Å². The first-order chi connectivity index (χ1) is 6.24. The first-order valence-electron chi connectivity index (χ1n) is 4.43. The third-order valence-corrected chi connectivity index (χ3v) is 2.04. The Kier molecular flexibility index (Phi) is 3.54. The van der Waals surface area contributed by atoms with E-state index < -0.39 is 0 Å². The average Bonchev–Trinajstić information content (AvgIpc) is 2.09. The van der Waals surface area contributed by atoms with Crippen molar-refractivity contribution in [1.82, 2.24) is 0 Å². The molecular formula is C13H14.